The Morgan fingerprint density at radius 1 is 1.14 bits per heavy atom. The first-order valence-electron chi connectivity index (χ1n) is 9.94. The largest absolute Gasteiger partial charge is 0.497 e. The van der Waals surface area contributed by atoms with Crippen molar-refractivity contribution >= 4 is 34.3 Å². The first-order chi connectivity index (χ1) is 13.6. The van der Waals surface area contributed by atoms with Crippen molar-refractivity contribution in [3.8, 4) is 5.75 Å². The molecule has 2 bridgehead atoms. The van der Waals surface area contributed by atoms with Crippen LogP contribution in [0.5, 0.6) is 5.75 Å². The van der Waals surface area contributed by atoms with Gasteiger partial charge in [0.15, 0.2) is 0 Å². The van der Waals surface area contributed by atoms with Gasteiger partial charge in [-0.2, -0.15) is 0 Å². The van der Waals surface area contributed by atoms with Crippen molar-refractivity contribution in [2.45, 2.75) is 38.3 Å². The molecule has 1 fully saturated rings. The van der Waals surface area contributed by atoms with Gasteiger partial charge in [0.05, 0.1) is 12.6 Å². The Morgan fingerprint density at radius 2 is 1.93 bits per heavy atom. The van der Waals surface area contributed by atoms with E-state index in [4.69, 9.17) is 16.3 Å². The van der Waals surface area contributed by atoms with Crippen LogP contribution in [0.2, 0.25) is 5.02 Å². The molecule has 28 heavy (non-hydrogen) atoms. The van der Waals surface area contributed by atoms with E-state index in [1.54, 1.807) is 7.11 Å². The lowest BCUT2D eigenvalue weighted by Gasteiger charge is -2.32. The van der Waals surface area contributed by atoms with Gasteiger partial charge >= 0.3 is 0 Å². The first-order valence-corrected chi connectivity index (χ1v) is 10.3. The molecule has 2 aromatic carbocycles. The number of nitrogens with zero attached hydrogens (tertiary/aromatic N) is 2. The van der Waals surface area contributed by atoms with E-state index < -0.39 is 0 Å². The minimum Gasteiger partial charge on any atom is -0.497 e. The molecule has 2 unspecified atom stereocenters. The summed E-state index contributed by atoms with van der Waals surface area (Å²) in [5, 5.41) is 2.12. The van der Waals surface area contributed by atoms with Crippen molar-refractivity contribution in [3.63, 3.8) is 0 Å². The second-order valence-corrected chi connectivity index (χ2v) is 8.49. The summed E-state index contributed by atoms with van der Waals surface area (Å²) in [5.41, 5.74) is 6.64. The zero-order valence-corrected chi connectivity index (χ0v) is 17.3. The Labute approximate surface area is 171 Å². The van der Waals surface area contributed by atoms with Gasteiger partial charge in [-0.25, -0.2) is 0 Å². The van der Waals surface area contributed by atoms with Gasteiger partial charge in [0.2, 0.25) is 0 Å². The molecule has 0 radical (unpaired) electrons. The Hall–Kier alpha value is -2.23. The monoisotopic (exact) mass is 392 g/mol. The lowest BCUT2D eigenvalue weighted by Crippen LogP contribution is -2.34. The number of hydrogen-bond donors (Lipinski definition) is 0. The number of aromatic nitrogens is 1. The van der Waals surface area contributed by atoms with Crippen LogP contribution >= 0.6 is 11.6 Å². The lowest BCUT2D eigenvalue weighted by atomic mass is 9.97. The van der Waals surface area contributed by atoms with Crippen molar-refractivity contribution in [1.82, 2.24) is 9.47 Å². The van der Waals surface area contributed by atoms with E-state index >= 15 is 0 Å². The predicted molar refractivity (Wildman–Crippen MR) is 117 cm³/mol. The molecule has 144 valence electrons. The standard InChI is InChI=1S/C24H25ClN2O/c1-15(16-4-8-19(28-3)9-5-16)14-27-21-10-6-17(25)12-20(21)24-22-11-7-18(26(22)2)13-23(24)27/h4-6,8-10,12,14,18,22H,7,11,13H2,1-3H3. The van der Waals surface area contributed by atoms with Gasteiger partial charge in [-0.15, -0.1) is 0 Å². The molecule has 2 atom stereocenters. The van der Waals surface area contributed by atoms with E-state index in [2.05, 4.69) is 53.9 Å². The summed E-state index contributed by atoms with van der Waals surface area (Å²) < 4.78 is 7.71. The fourth-order valence-electron chi connectivity index (χ4n) is 5.04. The molecule has 0 saturated carbocycles. The van der Waals surface area contributed by atoms with Gasteiger partial charge in [-0.3, -0.25) is 4.90 Å². The van der Waals surface area contributed by atoms with Gasteiger partial charge in [0.1, 0.15) is 5.75 Å². The second-order valence-electron chi connectivity index (χ2n) is 8.05. The number of ether oxygens (including phenoxy) is 1. The van der Waals surface area contributed by atoms with Crippen molar-refractivity contribution in [3.05, 3.63) is 64.3 Å². The van der Waals surface area contributed by atoms with Crippen molar-refractivity contribution in [1.29, 1.82) is 0 Å². The molecule has 0 amide bonds. The summed E-state index contributed by atoms with van der Waals surface area (Å²) in [4.78, 5) is 2.56. The second kappa shape index (κ2) is 6.68. The normalized spacial score (nSPS) is 21.9. The third-order valence-electron chi connectivity index (χ3n) is 6.58. The summed E-state index contributed by atoms with van der Waals surface area (Å²) >= 11 is 6.39. The number of fused-ring (bicyclic) bond motifs is 6. The third kappa shape index (κ3) is 2.68. The average Bonchev–Trinajstić information content (AvgIpc) is 3.11. The van der Waals surface area contributed by atoms with Crippen LogP contribution in [0.1, 0.15) is 42.6 Å². The van der Waals surface area contributed by atoms with Crippen LogP contribution in [0, 0.1) is 0 Å². The van der Waals surface area contributed by atoms with Gasteiger partial charge < -0.3 is 9.30 Å². The van der Waals surface area contributed by atoms with Gasteiger partial charge in [-0.05, 0) is 73.8 Å². The molecule has 3 aromatic rings. The van der Waals surface area contributed by atoms with E-state index in [1.165, 1.54) is 46.1 Å². The minimum atomic E-state index is 0.505. The van der Waals surface area contributed by atoms with E-state index in [0.717, 1.165) is 17.2 Å². The molecular weight excluding hydrogens is 368 g/mol. The SMILES string of the molecule is COc1ccc(C(C)=Cn2c3c(c4cc(Cl)ccc42)C2CCC(C3)N2C)cc1. The van der Waals surface area contributed by atoms with Crippen LogP contribution in [0.4, 0.5) is 0 Å². The van der Waals surface area contributed by atoms with Gasteiger partial charge in [0.25, 0.3) is 0 Å². The van der Waals surface area contributed by atoms with E-state index in [9.17, 15) is 0 Å². The number of rotatable bonds is 3. The zero-order chi connectivity index (χ0) is 19.4. The molecule has 3 nitrogen and oxygen atoms in total. The van der Waals surface area contributed by atoms with E-state index in [-0.39, 0.29) is 0 Å². The maximum atomic E-state index is 6.39. The van der Waals surface area contributed by atoms with Crippen LogP contribution in [-0.2, 0) is 6.42 Å². The number of likely N-dealkylation sites (N-methyl/N-ethyl adjacent to an activating group) is 1. The highest BCUT2D eigenvalue weighted by Gasteiger charge is 2.40. The zero-order valence-electron chi connectivity index (χ0n) is 16.6. The van der Waals surface area contributed by atoms with Gasteiger partial charge in [-0.1, -0.05) is 23.7 Å². The number of allylic oxidation sites excluding steroid dienone is 1. The molecule has 3 heterocycles. The smallest absolute Gasteiger partial charge is 0.118 e. The summed E-state index contributed by atoms with van der Waals surface area (Å²) in [6.07, 6.45) is 5.91. The Bertz CT molecular complexity index is 1080. The highest BCUT2D eigenvalue weighted by molar-refractivity contribution is 6.31. The lowest BCUT2D eigenvalue weighted by molar-refractivity contribution is 0.223. The maximum absolute atomic E-state index is 6.39. The fraction of sp³-hybridized carbons (Fsp3) is 0.333. The Kier molecular flexibility index (Phi) is 4.26. The van der Waals surface area contributed by atoms with Crippen LogP contribution in [-0.4, -0.2) is 29.7 Å². The molecule has 1 aromatic heterocycles. The minimum absolute atomic E-state index is 0.505. The molecule has 2 aliphatic heterocycles. The summed E-state index contributed by atoms with van der Waals surface area (Å²) in [7, 11) is 3.98. The molecule has 2 aliphatic rings. The predicted octanol–water partition coefficient (Wildman–Crippen LogP) is 6.01. The van der Waals surface area contributed by atoms with Crippen molar-refractivity contribution in [2.24, 2.45) is 0 Å². The quantitative estimate of drug-likeness (QED) is 0.542. The maximum Gasteiger partial charge on any atom is 0.118 e. The van der Waals surface area contributed by atoms with Crippen LogP contribution in [0.25, 0.3) is 22.7 Å². The Balaban J connectivity index is 1.68. The molecule has 4 heteroatoms. The Morgan fingerprint density at radius 3 is 2.68 bits per heavy atom. The molecule has 0 aliphatic carbocycles. The first kappa shape index (κ1) is 17.8. The number of methoxy groups -OCH3 is 1. The van der Waals surface area contributed by atoms with Crippen LogP contribution < -0.4 is 4.74 Å². The topological polar surface area (TPSA) is 17.4 Å². The number of benzene rings is 2. The van der Waals surface area contributed by atoms with E-state index in [1.807, 2.05) is 18.2 Å². The average molecular weight is 393 g/mol. The third-order valence-corrected chi connectivity index (χ3v) is 6.82. The summed E-state index contributed by atoms with van der Waals surface area (Å²) in [5.74, 6) is 0.884. The number of halogens is 1. The van der Waals surface area contributed by atoms with E-state index in [0.29, 0.717) is 12.1 Å². The molecular formula is C24H25ClN2O. The molecule has 0 spiro atoms. The van der Waals surface area contributed by atoms with Crippen LogP contribution in [0.3, 0.4) is 0 Å². The fourth-order valence-corrected chi connectivity index (χ4v) is 5.22. The van der Waals surface area contributed by atoms with Gasteiger partial charge in [0, 0.05) is 40.8 Å². The molecule has 5 rings (SSSR count). The molecule has 1 saturated heterocycles. The number of hydrogen-bond acceptors (Lipinski definition) is 2. The highest BCUT2D eigenvalue weighted by Crippen LogP contribution is 2.47. The van der Waals surface area contributed by atoms with Crippen molar-refractivity contribution in [2.75, 3.05) is 14.2 Å². The molecule has 0 N–H and O–H groups in total. The van der Waals surface area contributed by atoms with Crippen LogP contribution in [0.15, 0.2) is 42.5 Å². The highest BCUT2D eigenvalue weighted by atomic mass is 35.5. The summed E-state index contributed by atoms with van der Waals surface area (Å²) in [6, 6.07) is 15.8. The van der Waals surface area contributed by atoms with Crippen molar-refractivity contribution < 1.29 is 4.74 Å². The summed E-state index contributed by atoms with van der Waals surface area (Å²) in [6.45, 7) is 2.18.